The van der Waals surface area contributed by atoms with Gasteiger partial charge in [0.15, 0.2) is 0 Å². The lowest BCUT2D eigenvalue weighted by Crippen LogP contribution is -2.12. The largest absolute Gasteiger partial charge is 0.381 e. The van der Waals surface area contributed by atoms with Crippen molar-refractivity contribution in [2.24, 2.45) is 0 Å². The molecule has 1 N–H and O–H groups in total. The summed E-state index contributed by atoms with van der Waals surface area (Å²) in [5, 5.41) is 3.41. The Labute approximate surface area is 111 Å². The summed E-state index contributed by atoms with van der Waals surface area (Å²) in [4.78, 5) is 2.09. The second kappa shape index (κ2) is 6.90. The van der Waals surface area contributed by atoms with Gasteiger partial charge in [-0.1, -0.05) is 31.2 Å². The molecule has 2 heteroatoms. The lowest BCUT2D eigenvalue weighted by Gasteiger charge is -2.17. The van der Waals surface area contributed by atoms with Crippen LogP contribution in [0.4, 0.5) is 5.69 Å². The summed E-state index contributed by atoms with van der Waals surface area (Å²) in [5.74, 6) is 0. The number of aryl methyl sites for hydroxylation is 1. The monoisotopic (exact) mass is 244 g/mol. The van der Waals surface area contributed by atoms with Crippen LogP contribution in [0.1, 0.15) is 25.8 Å². The van der Waals surface area contributed by atoms with Crippen molar-refractivity contribution >= 4 is 5.69 Å². The summed E-state index contributed by atoms with van der Waals surface area (Å²) in [5.41, 5.74) is 4.86. The molecule has 1 aromatic rings. The molecular weight excluding hydrogens is 220 g/mol. The third kappa shape index (κ3) is 4.66. The maximum absolute atomic E-state index is 4.02. The van der Waals surface area contributed by atoms with Crippen LogP contribution in [-0.4, -0.2) is 18.5 Å². The van der Waals surface area contributed by atoms with Crippen LogP contribution in [0, 0.1) is 6.92 Å². The van der Waals surface area contributed by atoms with E-state index in [1.54, 1.807) is 0 Å². The minimum atomic E-state index is 0.852. The highest BCUT2D eigenvalue weighted by atomic mass is 15.1. The van der Waals surface area contributed by atoms with Crippen LogP contribution < -0.4 is 5.32 Å². The van der Waals surface area contributed by atoms with Crippen molar-refractivity contribution in [3.05, 3.63) is 53.9 Å². The van der Waals surface area contributed by atoms with Crippen molar-refractivity contribution in [1.82, 2.24) is 4.90 Å². The second-order valence-electron chi connectivity index (χ2n) is 4.73. The summed E-state index contributed by atoms with van der Waals surface area (Å²) in [6.07, 6.45) is 3.11. The van der Waals surface area contributed by atoms with Crippen LogP contribution in [0.3, 0.4) is 0 Å². The summed E-state index contributed by atoms with van der Waals surface area (Å²) in [6.45, 7) is 11.2. The van der Waals surface area contributed by atoms with Gasteiger partial charge in [-0.15, -0.1) is 0 Å². The van der Waals surface area contributed by atoms with Gasteiger partial charge in [-0.05, 0) is 38.0 Å². The minimum Gasteiger partial charge on any atom is -0.381 e. The average molecular weight is 244 g/mol. The van der Waals surface area contributed by atoms with E-state index in [1.165, 1.54) is 11.1 Å². The lowest BCUT2D eigenvalue weighted by atomic mass is 10.2. The average Bonchev–Trinajstić information content (AvgIpc) is 2.37. The molecule has 98 valence electrons. The molecule has 0 radical (unpaired) electrons. The standard InChI is InChI=1S/C16H24N2/c1-6-15(4)18(5)12-14(3)11-17-16-9-7-13(2)8-10-16/h7-10,12,17H,4,6,11H2,1-3,5H3/b14-12+. The van der Waals surface area contributed by atoms with Gasteiger partial charge >= 0.3 is 0 Å². The zero-order valence-electron chi connectivity index (χ0n) is 12.0. The number of anilines is 1. The summed E-state index contributed by atoms with van der Waals surface area (Å²) < 4.78 is 0. The molecule has 0 heterocycles. The van der Waals surface area contributed by atoms with E-state index in [0.29, 0.717) is 0 Å². The molecule has 1 aromatic carbocycles. The fourth-order valence-electron chi connectivity index (χ4n) is 1.63. The van der Waals surface area contributed by atoms with Crippen molar-refractivity contribution in [1.29, 1.82) is 0 Å². The Bertz CT molecular complexity index is 415. The first-order valence-corrected chi connectivity index (χ1v) is 6.41. The molecule has 0 fully saturated rings. The third-order valence-electron chi connectivity index (χ3n) is 2.94. The van der Waals surface area contributed by atoms with Crippen LogP contribution in [-0.2, 0) is 0 Å². The highest BCUT2D eigenvalue weighted by Crippen LogP contribution is 2.10. The van der Waals surface area contributed by atoms with Gasteiger partial charge in [0.05, 0.1) is 0 Å². The highest BCUT2D eigenvalue weighted by molar-refractivity contribution is 5.45. The van der Waals surface area contributed by atoms with Crippen molar-refractivity contribution in [3.63, 3.8) is 0 Å². The number of nitrogens with zero attached hydrogens (tertiary/aromatic N) is 1. The number of allylic oxidation sites excluding steroid dienone is 1. The zero-order chi connectivity index (χ0) is 13.5. The first kappa shape index (κ1) is 14.4. The molecule has 0 amide bonds. The molecule has 0 saturated heterocycles. The number of hydrogen-bond donors (Lipinski definition) is 1. The molecular formula is C16H24N2. The molecule has 0 saturated carbocycles. The van der Waals surface area contributed by atoms with E-state index >= 15 is 0 Å². The van der Waals surface area contributed by atoms with Gasteiger partial charge in [0.25, 0.3) is 0 Å². The molecule has 0 unspecified atom stereocenters. The highest BCUT2D eigenvalue weighted by Gasteiger charge is 1.97. The van der Waals surface area contributed by atoms with Crippen LogP contribution in [0.15, 0.2) is 48.3 Å². The van der Waals surface area contributed by atoms with Crippen LogP contribution >= 0.6 is 0 Å². The quantitative estimate of drug-likeness (QED) is 0.808. The molecule has 0 atom stereocenters. The van der Waals surface area contributed by atoms with Crippen molar-refractivity contribution in [2.45, 2.75) is 27.2 Å². The third-order valence-corrected chi connectivity index (χ3v) is 2.94. The van der Waals surface area contributed by atoms with E-state index in [-0.39, 0.29) is 0 Å². The number of nitrogens with one attached hydrogen (secondary N) is 1. The smallest absolute Gasteiger partial charge is 0.0374 e. The first-order chi connectivity index (χ1) is 8.52. The van der Waals surface area contributed by atoms with E-state index in [1.807, 2.05) is 7.05 Å². The van der Waals surface area contributed by atoms with Gasteiger partial charge in [0, 0.05) is 31.2 Å². The van der Waals surface area contributed by atoms with E-state index < -0.39 is 0 Å². The molecule has 0 aliphatic heterocycles. The van der Waals surface area contributed by atoms with Gasteiger partial charge < -0.3 is 10.2 Å². The Hall–Kier alpha value is -1.70. The predicted molar refractivity (Wildman–Crippen MR) is 80.6 cm³/mol. The number of benzene rings is 1. The van der Waals surface area contributed by atoms with Gasteiger partial charge in [-0.3, -0.25) is 0 Å². The molecule has 0 aliphatic carbocycles. The summed E-state index contributed by atoms with van der Waals surface area (Å²) in [6, 6.07) is 8.45. The van der Waals surface area contributed by atoms with E-state index in [9.17, 15) is 0 Å². The maximum atomic E-state index is 4.02. The topological polar surface area (TPSA) is 15.3 Å². The molecule has 0 bridgehead atoms. The van der Waals surface area contributed by atoms with E-state index in [4.69, 9.17) is 0 Å². The fourth-order valence-corrected chi connectivity index (χ4v) is 1.63. The molecule has 0 aromatic heterocycles. The van der Waals surface area contributed by atoms with Crippen molar-refractivity contribution in [2.75, 3.05) is 18.9 Å². The molecule has 18 heavy (non-hydrogen) atoms. The van der Waals surface area contributed by atoms with Crippen LogP contribution in [0.25, 0.3) is 0 Å². The van der Waals surface area contributed by atoms with Crippen molar-refractivity contribution in [3.8, 4) is 0 Å². The van der Waals surface area contributed by atoms with Gasteiger partial charge in [0.1, 0.15) is 0 Å². The van der Waals surface area contributed by atoms with Crippen LogP contribution in [0.5, 0.6) is 0 Å². The maximum Gasteiger partial charge on any atom is 0.0374 e. The van der Waals surface area contributed by atoms with Gasteiger partial charge in [-0.25, -0.2) is 0 Å². The summed E-state index contributed by atoms with van der Waals surface area (Å²) in [7, 11) is 2.04. The Morgan fingerprint density at radius 3 is 2.50 bits per heavy atom. The number of rotatable bonds is 6. The number of hydrogen-bond acceptors (Lipinski definition) is 2. The predicted octanol–water partition coefficient (Wildman–Crippen LogP) is 4.17. The minimum absolute atomic E-state index is 0.852. The van der Waals surface area contributed by atoms with Crippen LogP contribution in [0.2, 0.25) is 0 Å². The van der Waals surface area contributed by atoms with E-state index in [2.05, 4.69) is 68.0 Å². The second-order valence-corrected chi connectivity index (χ2v) is 4.73. The fraction of sp³-hybridized carbons (Fsp3) is 0.375. The van der Waals surface area contributed by atoms with Gasteiger partial charge in [-0.2, -0.15) is 0 Å². The molecule has 0 aliphatic rings. The van der Waals surface area contributed by atoms with Gasteiger partial charge in [0.2, 0.25) is 0 Å². The first-order valence-electron chi connectivity index (χ1n) is 6.41. The SMILES string of the molecule is C=C(CC)N(C)/C=C(\C)CNc1ccc(C)cc1. The summed E-state index contributed by atoms with van der Waals surface area (Å²) >= 11 is 0. The molecule has 2 nitrogen and oxygen atoms in total. The Morgan fingerprint density at radius 2 is 1.94 bits per heavy atom. The Balaban J connectivity index is 2.50. The normalized spacial score (nSPS) is 11.2. The Morgan fingerprint density at radius 1 is 1.33 bits per heavy atom. The molecule has 0 spiro atoms. The van der Waals surface area contributed by atoms with Crippen molar-refractivity contribution < 1.29 is 0 Å². The lowest BCUT2D eigenvalue weighted by molar-refractivity contribution is 0.544. The zero-order valence-corrected chi connectivity index (χ0v) is 12.0. The van der Waals surface area contributed by atoms with E-state index in [0.717, 1.165) is 24.4 Å². The molecule has 1 rings (SSSR count). The Kier molecular flexibility index (Phi) is 5.50.